The molecule has 0 aliphatic rings. The molecular weight excluding hydrogens is 277 g/mol. The van der Waals surface area contributed by atoms with Crippen LogP contribution in [0, 0.1) is 5.82 Å². The average Bonchev–Trinajstić information content (AvgIpc) is 2.88. The van der Waals surface area contributed by atoms with Crippen LogP contribution in [0.3, 0.4) is 0 Å². The smallest absolute Gasteiger partial charge is 0.354 e. The molecule has 3 aromatic rings. The van der Waals surface area contributed by atoms with Crippen molar-refractivity contribution in [3.63, 3.8) is 0 Å². The van der Waals surface area contributed by atoms with Crippen LogP contribution in [-0.4, -0.2) is 25.7 Å². The molecule has 0 saturated heterocycles. The van der Waals surface area contributed by atoms with Gasteiger partial charge in [-0.05, 0) is 24.3 Å². The number of para-hydroxylation sites is 1. The summed E-state index contributed by atoms with van der Waals surface area (Å²) in [6, 6.07) is 10.6. The summed E-state index contributed by atoms with van der Waals surface area (Å²) in [5, 5.41) is 13.1. The fourth-order valence-electron chi connectivity index (χ4n) is 1.88. The van der Waals surface area contributed by atoms with Gasteiger partial charge < -0.3 is 9.84 Å². The second-order valence-electron chi connectivity index (χ2n) is 4.23. The van der Waals surface area contributed by atoms with Crippen molar-refractivity contribution in [1.29, 1.82) is 0 Å². The third-order valence-electron chi connectivity index (χ3n) is 2.82. The molecule has 2 aromatic heterocycles. The van der Waals surface area contributed by atoms with Crippen molar-refractivity contribution in [2.24, 2.45) is 0 Å². The maximum absolute atomic E-state index is 13.4. The SMILES string of the molecule is O=C(O)c1cccc2nc(COc3ccccc3F)nn12. The number of nitrogens with zero attached hydrogens (tertiary/aromatic N) is 3. The minimum Gasteiger partial charge on any atom is -0.482 e. The average molecular weight is 287 g/mol. The van der Waals surface area contributed by atoms with Gasteiger partial charge in [-0.2, -0.15) is 0 Å². The van der Waals surface area contributed by atoms with Gasteiger partial charge in [-0.25, -0.2) is 18.7 Å². The van der Waals surface area contributed by atoms with E-state index in [4.69, 9.17) is 9.84 Å². The second kappa shape index (κ2) is 5.20. The van der Waals surface area contributed by atoms with Crippen molar-refractivity contribution in [1.82, 2.24) is 14.6 Å². The molecule has 0 radical (unpaired) electrons. The number of rotatable bonds is 4. The number of carboxylic acids is 1. The number of pyridine rings is 1. The number of hydrogen-bond donors (Lipinski definition) is 1. The van der Waals surface area contributed by atoms with E-state index in [1.807, 2.05) is 0 Å². The molecule has 3 rings (SSSR count). The lowest BCUT2D eigenvalue weighted by Gasteiger charge is -2.03. The van der Waals surface area contributed by atoms with Gasteiger partial charge in [0, 0.05) is 0 Å². The highest BCUT2D eigenvalue weighted by Crippen LogP contribution is 2.16. The van der Waals surface area contributed by atoms with Gasteiger partial charge in [-0.15, -0.1) is 5.10 Å². The second-order valence-corrected chi connectivity index (χ2v) is 4.23. The number of ether oxygens (including phenoxy) is 1. The number of halogens is 1. The predicted octanol–water partition coefficient (Wildman–Crippen LogP) is 2.15. The minimum atomic E-state index is -1.10. The van der Waals surface area contributed by atoms with E-state index in [0.29, 0.717) is 5.65 Å². The van der Waals surface area contributed by atoms with Crippen LogP contribution in [0.5, 0.6) is 5.75 Å². The Kier molecular flexibility index (Phi) is 3.23. The van der Waals surface area contributed by atoms with Gasteiger partial charge in [0.25, 0.3) is 0 Å². The summed E-state index contributed by atoms with van der Waals surface area (Å²) in [7, 11) is 0. The van der Waals surface area contributed by atoms with E-state index < -0.39 is 11.8 Å². The van der Waals surface area contributed by atoms with E-state index >= 15 is 0 Å². The summed E-state index contributed by atoms with van der Waals surface area (Å²) in [5.41, 5.74) is 0.388. The normalized spacial score (nSPS) is 10.7. The highest BCUT2D eigenvalue weighted by Gasteiger charge is 2.12. The molecule has 0 spiro atoms. The Balaban J connectivity index is 1.87. The van der Waals surface area contributed by atoms with E-state index in [0.717, 1.165) is 0 Å². The van der Waals surface area contributed by atoms with Crippen molar-refractivity contribution in [3.8, 4) is 5.75 Å². The standard InChI is InChI=1S/C14H10FN3O3/c15-9-4-1-2-6-11(9)21-8-12-16-13-7-3-5-10(14(19)20)18(13)17-12/h1-7H,8H2,(H,19,20). The van der Waals surface area contributed by atoms with Gasteiger partial charge in [-0.1, -0.05) is 18.2 Å². The van der Waals surface area contributed by atoms with Gasteiger partial charge >= 0.3 is 5.97 Å². The lowest BCUT2D eigenvalue weighted by molar-refractivity contribution is 0.0687. The first-order chi connectivity index (χ1) is 10.1. The molecule has 0 aliphatic heterocycles. The maximum Gasteiger partial charge on any atom is 0.354 e. The van der Waals surface area contributed by atoms with Gasteiger partial charge in [0.05, 0.1) is 0 Å². The molecule has 6 nitrogen and oxygen atoms in total. The van der Waals surface area contributed by atoms with E-state index in [9.17, 15) is 9.18 Å². The summed E-state index contributed by atoms with van der Waals surface area (Å²) in [6.07, 6.45) is 0. The Morgan fingerprint density at radius 1 is 1.24 bits per heavy atom. The zero-order valence-corrected chi connectivity index (χ0v) is 10.7. The molecule has 0 saturated carbocycles. The highest BCUT2D eigenvalue weighted by molar-refractivity contribution is 5.86. The molecule has 7 heteroatoms. The third-order valence-corrected chi connectivity index (χ3v) is 2.82. The number of fused-ring (bicyclic) bond motifs is 1. The Bertz CT molecular complexity index is 816. The number of aromatic nitrogens is 3. The van der Waals surface area contributed by atoms with Crippen molar-refractivity contribution in [2.75, 3.05) is 0 Å². The van der Waals surface area contributed by atoms with Crippen molar-refractivity contribution in [2.45, 2.75) is 6.61 Å². The molecule has 106 valence electrons. The molecule has 1 N–H and O–H groups in total. The summed E-state index contributed by atoms with van der Waals surface area (Å²) < 4.78 is 19.9. The van der Waals surface area contributed by atoms with Crippen LogP contribution in [0.15, 0.2) is 42.5 Å². The van der Waals surface area contributed by atoms with Crippen molar-refractivity contribution < 1.29 is 19.0 Å². The Labute approximate surface area is 118 Å². The molecule has 0 fully saturated rings. The van der Waals surface area contributed by atoms with E-state index in [-0.39, 0.29) is 23.9 Å². The van der Waals surface area contributed by atoms with Crippen LogP contribution in [-0.2, 0) is 6.61 Å². The number of carboxylic acid groups (broad SMARTS) is 1. The molecule has 0 unspecified atom stereocenters. The third kappa shape index (κ3) is 2.53. The molecule has 0 amide bonds. The van der Waals surface area contributed by atoms with Crippen LogP contribution < -0.4 is 4.74 Å². The fraction of sp³-hybridized carbons (Fsp3) is 0.0714. The van der Waals surface area contributed by atoms with Crippen molar-refractivity contribution in [3.05, 3.63) is 59.8 Å². The molecule has 0 atom stereocenters. The maximum atomic E-state index is 13.4. The topological polar surface area (TPSA) is 76.7 Å². The van der Waals surface area contributed by atoms with Crippen molar-refractivity contribution >= 4 is 11.6 Å². The zero-order chi connectivity index (χ0) is 14.8. The Hall–Kier alpha value is -2.96. The number of benzene rings is 1. The quantitative estimate of drug-likeness (QED) is 0.795. The molecule has 0 bridgehead atoms. The fourth-order valence-corrected chi connectivity index (χ4v) is 1.88. The molecule has 21 heavy (non-hydrogen) atoms. The predicted molar refractivity (Wildman–Crippen MR) is 70.7 cm³/mol. The van der Waals surface area contributed by atoms with Crippen LogP contribution in [0.2, 0.25) is 0 Å². The zero-order valence-electron chi connectivity index (χ0n) is 10.7. The van der Waals surface area contributed by atoms with Gasteiger partial charge in [-0.3, -0.25) is 0 Å². The van der Waals surface area contributed by atoms with Crippen LogP contribution in [0.25, 0.3) is 5.65 Å². The minimum absolute atomic E-state index is 0.00265. The number of aromatic carboxylic acids is 1. The Morgan fingerprint density at radius 3 is 2.81 bits per heavy atom. The lowest BCUT2D eigenvalue weighted by atomic mass is 10.3. The summed E-state index contributed by atoms with van der Waals surface area (Å²) in [4.78, 5) is 15.2. The van der Waals surface area contributed by atoms with Crippen LogP contribution in [0.1, 0.15) is 16.3 Å². The van der Waals surface area contributed by atoms with Gasteiger partial charge in [0.15, 0.2) is 28.7 Å². The molecular formula is C14H10FN3O3. The molecule has 0 aliphatic carbocycles. The monoisotopic (exact) mass is 287 g/mol. The van der Waals surface area contributed by atoms with Gasteiger partial charge in [0.1, 0.15) is 6.61 Å². The first kappa shape index (κ1) is 13.0. The van der Waals surface area contributed by atoms with E-state index in [1.54, 1.807) is 24.3 Å². The molecule has 2 heterocycles. The van der Waals surface area contributed by atoms with Gasteiger partial charge in [0.2, 0.25) is 0 Å². The first-order valence-electron chi connectivity index (χ1n) is 6.10. The first-order valence-corrected chi connectivity index (χ1v) is 6.10. The van der Waals surface area contributed by atoms with E-state index in [2.05, 4.69) is 10.1 Å². The molecule has 1 aromatic carbocycles. The Morgan fingerprint density at radius 2 is 2.05 bits per heavy atom. The largest absolute Gasteiger partial charge is 0.482 e. The van der Waals surface area contributed by atoms with E-state index in [1.165, 1.54) is 22.7 Å². The number of carbonyl (C=O) groups is 1. The summed E-state index contributed by atoms with van der Waals surface area (Å²) in [6.45, 7) is -0.0539. The lowest BCUT2D eigenvalue weighted by Crippen LogP contribution is -2.06. The van der Waals surface area contributed by atoms with Crippen LogP contribution >= 0.6 is 0 Å². The highest BCUT2D eigenvalue weighted by atomic mass is 19.1. The number of hydrogen-bond acceptors (Lipinski definition) is 4. The summed E-state index contributed by atoms with van der Waals surface area (Å²) >= 11 is 0. The summed E-state index contributed by atoms with van der Waals surface area (Å²) in [5.74, 6) is -1.22. The van der Waals surface area contributed by atoms with Crippen LogP contribution in [0.4, 0.5) is 4.39 Å².